The van der Waals surface area contributed by atoms with Crippen LogP contribution in [0.25, 0.3) is 10.8 Å². The van der Waals surface area contributed by atoms with E-state index in [4.69, 9.17) is 0 Å². The molecule has 0 aromatic heterocycles. The van der Waals surface area contributed by atoms with Crippen LogP contribution in [0.15, 0.2) is 36.4 Å². The second-order valence-corrected chi connectivity index (χ2v) is 7.72. The Morgan fingerprint density at radius 2 is 1.62 bits per heavy atom. The molecule has 2 N–H and O–H groups in total. The van der Waals surface area contributed by atoms with Crippen LogP contribution in [0.4, 0.5) is 0 Å². The van der Waals surface area contributed by atoms with Gasteiger partial charge in [0.2, 0.25) is 0 Å². The minimum Gasteiger partial charge on any atom is -0.507 e. The van der Waals surface area contributed by atoms with Crippen LogP contribution in [-0.4, -0.2) is 64.2 Å². The number of fused-ring (bicyclic) bond motifs is 1. The van der Waals surface area contributed by atoms with E-state index in [0.29, 0.717) is 38.0 Å². The number of rotatable bonds is 3. The first-order valence-corrected chi connectivity index (χ1v) is 9.50. The number of aromatic hydroxyl groups is 1. The van der Waals surface area contributed by atoms with E-state index >= 15 is 0 Å². The lowest BCUT2D eigenvalue weighted by Crippen LogP contribution is -2.51. The summed E-state index contributed by atoms with van der Waals surface area (Å²) >= 11 is 0. The summed E-state index contributed by atoms with van der Waals surface area (Å²) in [5, 5.41) is 23.0. The third-order valence-electron chi connectivity index (χ3n) is 5.79. The molecule has 2 aliphatic rings. The van der Waals surface area contributed by atoms with Crippen molar-refractivity contribution in [3.05, 3.63) is 42.0 Å². The number of carbonyl (C=O) groups is 1. The van der Waals surface area contributed by atoms with Crippen molar-refractivity contribution in [3.63, 3.8) is 0 Å². The lowest BCUT2D eigenvalue weighted by atomic mass is 9.90. The second kappa shape index (κ2) is 6.89. The standard InChI is InChI=1S/C21H26N2O3/c24-19-14-17-6-2-1-5-16(17)13-18(19)20(25)23-11-7-21(26,8-12-23)15-22-9-3-4-10-22/h1-2,5-6,13-14,24,26H,3-4,7-12,15H2. The van der Waals surface area contributed by atoms with Gasteiger partial charge in [-0.05, 0) is 61.7 Å². The monoisotopic (exact) mass is 354 g/mol. The molecule has 2 fully saturated rings. The molecule has 138 valence electrons. The van der Waals surface area contributed by atoms with Gasteiger partial charge in [-0.15, -0.1) is 0 Å². The summed E-state index contributed by atoms with van der Waals surface area (Å²) < 4.78 is 0. The van der Waals surface area contributed by atoms with Crippen LogP contribution >= 0.6 is 0 Å². The highest BCUT2D eigenvalue weighted by atomic mass is 16.3. The highest BCUT2D eigenvalue weighted by Gasteiger charge is 2.36. The maximum atomic E-state index is 12.9. The number of β-amino-alcohol motifs (C(OH)–C–C–N with tert-alkyl or cyclic N) is 1. The van der Waals surface area contributed by atoms with Crippen molar-refractivity contribution in [1.82, 2.24) is 9.80 Å². The third-order valence-corrected chi connectivity index (χ3v) is 5.79. The number of hydrogen-bond acceptors (Lipinski definition) is 4. The average molecular weight is 354 g/mol. The van der Waals surface area contributed by atoms with E-state index in [1.165, 1.54) is 12.8 Å². The maximum absolute atomic E-state index is 12.9. The Morgan fingerprint density at radius 1 is 1.00 bits per heavy atom. The Balaban J connectivity index is 1.45. The molecular formula is C21H26N2O3. The van der Waals surface area contributed by atoms with E-state index in [-0.39, 0.29) is 11.7 Å². The Labute approximate surface area is 153 Å². The second-order valence-electron chi connectivity index (χ2n) is 7.72. The van der Waals surface area contributed by atoms with Gasteiger partial charge in [-0.3, -0.25) is 4.79 Å². The topological polar surface area (TPSA) is 64.0 Å². The van der Waals surface area contributed by atoms with E-state index in [1.54, 1.807) is 17.0 Å². The van der Waals surface area contributed by atoms with Gasteiger partial charge in [0.05, 0.1) is 11.2 Å². The highest BCUT2D eigenvalue weighted by molar-refractivity contribution is 6.01. The molecule has 0 saturated carbocycles. The molecule has 5 heteroatoms. The molecule has 2 aliphatic heterocycles. The number of nitrogens with zero attached hydrogens (tertiary/aromatic N) is 2. The number of benzene rings is 2. The zero-order valence-corrected chi connectivity index (χ0v) is 15.0. The van der Waals surface area contributed by atoms with E-state index in [0.717, 1.165) is 23.9 Å². The van der Waals surface area contributed by atoms with E-state index in [2.05, 4.69) is 4.90 Å². The number of hydrogen-bond donors (Lipinski definition) is 2. The molecule has 0 radical (unpaired) electrons. The van der Waals surface area contributed by atoms with Gasteiger partial charge in [-0.2, -0.15) is 0 Å². The molecule has 5 nitrogen and oxygen atoms in total. The fraction of sp³-hybridized carbons (Fsp3) is 0.476. The summed E-state index contributed by atoms with van der Waals surface area (Å²) in [5.41, 5.74) is -0.360. The minimum atomic E-state index is -0.702. The van der Waals surface area contributed by atoms with Crippen molar-refractivity contribution in [2.24, 2.45) is 0 Å². The molecule has 0 aliphatic carbocycles. The largest absolute Gasteiger partial charge is 0.507 e. The van der Waals surface area contributed by atoms with Crippen molar-refractivity contribution < 1.29 is 15.0 Å². The molecule has 0 unspecified atom stereocenters. The van der Waals surface area contributed by atoms with E-state index in [1.807, 2.05) is 24.3 Å². The van der Waals surface area contributed by atoms with E-state index < -0.39 is 5.60 Å². The number of phenolic OH excluding ortho intramolecular Hbond substituents is 1. The van der Waals surface area contributed by atoms with Crippen LogP contribution in [-0.2, 0) is 0 Å². The first-order valence-electron chi connectivity index (χ1n) is 9.50. The van der Waals surface area contributed by atoms with Gasteiger partial charge in [-0.25, -0.2) is 0 Å². The Morgan fingerprint density at radius 3 is 2.27 bits per heavy atom. The van der Waals surface area contributed by atoms with Crippen LogP contribution < -0.4 is 0 Å². The van der Waals surface area contributed by atoms with Crippen molar-refractivity contribution in [3.8, 4) is 5.75 Å². The Kier molecular flexibility index (Phi) is 4.59. The highest BCUT2D eigenvalue weighted by Crippen LogP contribution is 2.29. The summed E-state index contributed by atoms with van der Waals surface area (Å²) in [7, 11) is 0. The van der Waals surface area contributed by atoms with Gasteiger partial charge in [0, 0.05) is 19.6 Å². The van der Waals surface area contributed by atoms with Gasteiger partial charge in [0.25, 0.3) is 5.91 Å². The minimum absolute atomic E-state index is 0.0200. The van der Waals surface area contributed by atoms with Crippen LogP contribution in [0.5, 0.6) is 5.75 Å². The molecule has 0 bridgehead atoms. The molecular weight excluding hydrogens is 328 g/mol. The summed E-state index contributed by atoms with van der Waals surface area (Å²) in [5.74, 6) is -0.136. The van der Waals surface area contributed by atoms with Gasteiger partial charge in [0.1, 0.15) is 5.75 Å². The van der Waals surface area contributed by atoms with Crippen LogP contribution in [0.2, 0.25) is 0 Å². The van der Waals surface area contributed by atoms with Crippen molar-refractivity contribution in [2.45, 2.75) is 31.3 Å². The number of amides is 1. The van der Waals surface area contributed by atoms with Gasteiger partial charge < -0.3 is 20.0 Å². The number of likely N-dealkylation sites (tertiary alicyclic amines) is 2. The average Bonchev–Trinajstić information content (AvgIpc) is 3.13. The summed E-state index contributed by atoms with van der Waals surface area (Å²) in [4.78, 5) is 17.0. The van der Waals surface area contributed by atoms with Crippen molar-refractivity contribution >= 4 is 16.7 Å². The normalized spacial score (nSPS) is 20.6. The lowest BCUT2D eigenvalue weighted by Gasteiger charge is -2.40. The zero-order valence-electron chi connectivity index (χ0n) is 15.0. The molecule has 1 amide bonds. The molecule has 2 aromatic rings. The van der Waals surface area contributed by atoms with Crippen LogP contribution in [0, 0.1) is 0 Å². The smallest absolute Gasteiger partial charge is 0.257 e. The molecule has 2 aromatic carbocycles. The molecule has 0 atom stereocenters. The third kappa shape index (κ3) is 3.41. The van der Waals surface area contributed by atoms with Crippen molar-refractivity contribution in [1.29, 1.82) is 0 Å². The molecule has 0 spiro atoms. The van der Waals surface area contributed by atoms with Crippen LogP contribution in [0.3, 0.4) is 0 Å². The lowest BCUT2D eigenvalue weighted by molar-refractivity contribution is -0.0367. The van der Waals surface area contributed by atoms with Crippen molar-refractivity contribution in [2.75, 3.05) is 32.7 Å². The summed E-state index contributed by atoms with van der Waals surface area (Å²) in [6, 6.07) is 11.1. The predicted molar refractivity (Wildman–Crippen MR) is 101 cm³/mol. The molecule has 2 heterocycles. The van der Waals surface area contributed by atoms with E-state index in [9.17, 15) is 15.0 Å². The zero-order chi connectivity index (χ0) is 18.1. The fourth-order valence-corrected chi connectivity index (χ4v) is 4.21. The molecule has 26 heavy (non-hydrogen) atoms. The summed E-state index contributed by atoms with van der Waals surface area (Å²) in [6.45, 7) is 3.88. The molecule has 4 rings (SSSR count). The fourth-order valence-electron chi connectivity index (χ4n) is 4.21. The summed E-state index contributed by atoms with van der Waals surface area (Å²) in [6.07, 6.45) is 3.59. The first kappa shape index (κ1) is 17.3. The van der Waals surface area contributed by atoms with Crippen LogP contribution in [0.1, 0.15) is 36.0 Å². The number of piperidine rings is 1. The maximum Gasteiger partial charge on any atom is 0.257 e. The number of carbonyl (C=O) groups excluding carboxylic acids is 1. The SMILES string of the molecule is O=C(c1cc2ccccc2cc1O)N1CCC(O)(CN2CCCC2)CC1. The van der Waals surface area contributed by atoms with Gasteiger partial charge in [0.15, 0.2) is 0 Å². The first-order chi connectivity index (χ1) is 12.5. The van der Waals surface area contributed by atoms with Gasteiger partial charge in [-0.1, -0.05) is 24.3 Å². The Bertz CT molecular complexity index is 806. The quantitative estimate of drug-likeness (QED) is 0.889. The van der Waals surface area contributed by atoms with Gasteiger partial charge >= 0.3 is 0 Å². The number of aliphatic hydroxyl groups is 1. The Hall–Kier alpha value is -2.11. The molecule has 2 saturated heterocycles. The predicted octanol–water partition coefficient (Wildman–Crippen LogP) is 2.61. The number of phenols is 1.